The summed E-state index contributed by atoms with van der Waals surface area (Å²) in [6.07, 6.45) is 7.19. The number of carbonyl (C=O) groups is 1. The van der Waals surface area contributed by atoms with Crippen LogP contribution < -0.4 is 5.73 Å². The van der Waals surface area contributed by atoms with E-state index in [-0.39, 0.29) is 18.6 Å². The summed E-state index contributed by atoms with van der Waals surface area (Å²) in [6, 6.07) is 0. The fourth-order valence-corrected chi connectivity index (χ4v) is 1.40. The lowest BCUT2D eigenvalue weighted by Crippen LogP contribution is -2.23. The van der Waals surface area contributed by atoms with Gasteiger partial charge in [-0.1, -0.05) is 39.5 Å². The monoisotopic (exact) mass is 201 g/mol. The van der Waals surface area contributed by atoms with E-state index in [9.17, 15) is 4.79 Å². The molecule has 0 saturated carbocycles. The fraction of sp³-hybridized carbons (Fsp3) is 0.909. The summed E-state index contributed by atoms with van der Waals surface area (Å²) in [7, 11) is 0. The van der Waals surface area contributed by atoms with Gasteiger partial charge < -0.3 is 10.5 Å². The van der Waals surface area contributed by atoms with E-state index in [1.807, 2.05) is 0 Å². The van der Waals surface area contributed by atoms with Crippen molar-refractivity contribution in [3.8, 4) is 0 Å². The Morgan fingerprint density at radius 3 is 2.50 bits per heavy atom. The predicted molar refractivity (Wildman–Crippen MR) is 58.0 cm³/mol. The van der Waals surface area contributed by atoms with Crippen LogP contribution in [0.3, 0.4) is 0 Å². The van der Waals surface area contributed by atoms with Gasteiger partial charge in [0.15, 0.2) is 0 Å². The first-order chi connectivity index (χ1) is 6.70. The van der Waals surface area contributed by atoms with Crippen molar-refractivity contribution in [3.05, 3.63) is 0 Å². The smallest absolute Gasteiger partial charge is 0.243 e. The van der Waals surface area contributed by atoms with E-state index in [4.69, 9.17) is 10.5 Å². The van der Waals surface area contributed by atoms with Gasteiger partial charge in [0.25, 0.3) is 0 Å². The van der Waals surface area contributed by atoms with Crippen molar-refractivity contribution in [1.29, 1.82) is 0 Å². The predicted octanol–water partition coefficient (Wildman–Crippen LogP) is 2.24. The van der Waals surface area contributed by atoms with Gasteiger partial charge in [-0.05, 0) is 12.8 Å². The molecule has 0 aliphatic rings. The van der Waals surface area contributed by atoms with Crippen molar-refractivity contribution < 1.29 is 9.53 Å². The number of amides is 1. The Kier molecular flexibility index (Phi) is 8.64. The lowest BCUT2D eigenvalue weighted by molar-refractivity contribution is -0.124. The third-order valence-corrected chi connectivity index (χ3v) is 2.30. The number of primary amides is 1. The Labute approximate surface area is 87.0 Å². The molecule has 0 radical (unpaired) electrons. The van der Waals surface area contributed by atoms with Gasteiger partial charge in [0, 0.05) is 0 Å². The highest BCUT2D eigenvalue weighted by Crippen LogP contribution is 2.10. The molecule has 0 rings (SSSR count). The van der Waals surface area contributed by atoms with Crippen molar-refractivity contribution in [2.45, 2.75) is 58.5 Å². The van der Waals surface area contributed by atoms with Gasteiger partial charge in [-0.15, -0.1) is 0 Å². The molecule has 0 unspecified atom stereocenters. The van der Waals surface area contributed by atoms with Crippen LogP contribution in [0.2, 0.25) is 0 Å². The molecule has 2 N–H and O–H groups in total. The van der Waals surface area contributed by atoms with Crippen LogP contribution in [-0.4, -0.2) is 18.6 Å². The van der Waals surface area contributed by atoms with Crippen molar-refractivity contribution in [1.82, 2.24) is 0 Å². The van der Waals surface area contributed by atoms with Crippen LogP contribution in [0.15, 0.2) is 0 Å². The molecule has 0 spiro atoms. The zero-order valence-corrected chi connectivity index (χ0v) is 9.42. The molecule has 0 aromatic rings. The molecule has 0 heterocycles. The molecule has 1 atom stereocenters. The molecule has 0 saturated heterocycles. The Morgan fingerprint density at radius 2 is 2.00 bits per heavy atom. The highest BCUT2D eigenvalue weighted by molar-refractivity contribution is 5.74. The average molecular weight is 201 g/mol. The molecular weight excluding hydrogens is 178 g/mol. The molecule has 0 aromatic carbocycles. The lowest BCUT2D eigenvalue weighted by Gasteiger charge is -2.14. The number of hydrogen-bond acceptors (Lipinski definition) is 2. The van der Waals surface area contributed by atoms with Gasteiger partial charge in [0.05, 0.1) is 6.10 Å². The summed E-state index contributed by atoms with van der Waals surface area (Å²) in [4.78, 5) is 10.5. The van der Waals surface area contributed by atoms with E-state index in [0.29, 0.717) is 0 Å². The van der Waals surface area contributed by atoms with Gasteiger partial charge in [-0.2, -0.15) is 0 Å². The third-order valence-electron chi connectivity index (χ3n) is 2.30. The van der Waals surface area contributed by atoms with Gasteiger partial charge in [-0.25, -0.2) is 0 Å². The number of unbranched alkanes of at least 4 members (excludes halogenated alkanes) is 3. The number of rotatable bonds is 9. The normalized spacial score (nSPS) is 12.7. The minimum atomic E-state index is -0.378. The minimum Gasteiger partial charge on any atom is -0.368 e. The molecule has 0 fully saturated rings. The van der Waals surface area contributed by atoms with Crippen LogP contribution in [0.4, 0.5) is 0 Å². The van der Waals surface area contributed by atoms with Gasteiger partial charge >= 0.3 is 0 Å². The first-order valence-electron chi connectivity index (χ1n) is 5.60. The molecule has 84 valence electrons. The van der Waals surface area contributed by atoms with E-state index < -0.39 is 0 Å². The van der Waals surface area contributed by atoms with Crippen LogP contribution in [0, 0.1) is 0 Å². The maximum Gasteiger partial charge on any atom is 0.243 e. The van der Waals surface area contributed by atoms with Crippen LogP contribution in [0.25, 0.3) is 0 Å². The SMILES string of the molecule is CCCCCC[C@H](CC)OCC(N)=O. The summed E-state index contributed by atoms with van der Waals surface area (Å²) >= 11 is 0. The van der Waals surface area contributed by atoms with Gasteiger partial charge in [0.1, 0.15) is 6.61 Å². The number of ether oxygens (including phenoxy) is 1. The molecule has 1 amide bonds. The second-order valence-electron chi connectivity index (χ2n) is 3.66. The Balaban J connectivity index is 3.42. The standard InChI is InChI=1S/C11H23NO2/c1-3-5-6-7-8-10(4-2)14-9-11(12)13/h10H,3-9H2,1-2H3,(H2,12,13)/t10-/m0/s1. The van der Waals surface area contributed by atoms with Crippen molar-refractivity contribution in [2.75, 3.05) is 6.61 Å². The summed E-state index contributed by atoms with van der Waals surface area (Å²) < 4.78 is 5.36. The second kappa shape index (κ2) is 9.00. The summed E-state index contributed by atoms with van der Waals surface area (Å²) in [5.41, 5.74) is 5.01. The lowest BCUT2D eigenvalue weighted by atomic mass is 10.1. The largest absolute Gasteiger partial charge is 0.368 e. The maximum absolute atomic E-state index is 10.5. The van der Waals surface area contributed by atoms with Crippen molar-refractivity contribution in [2.24, 2.45) is 5.73 Å². The first-order valence-corrected chi connectivity index (χ1v) is 5.60. The van der Waals surface area contributed by atoms with Gasteiger partial charge in [-0.3, -0.25) is 4.79 Å². The third kappa shape index (κ3) is 8.05. The van der Waals surface area contributed by atoms with E-state index in [0.717, 1.165) is 12.8 Å². The zero-order valence-electron chi connectivity index (χ0n) is 9.42. The van der Waals surface area contributed by atoms with Gasteiger partial charge in [0.2, 0.25) is 5.91 Å². The zero-order chi connectivity index (χ0) is 10.8. The maximum atomic E-state index is 10.5. The van der Waals surface area contributed by atoms with Crippen LogP contribution in [0.1, 0.15) is 52.4 Å². The molecule has 3 nitrogen and oxygen atoms in total. The fourth-order valence-electron chi connectivity index (χ4n) is 1.40. The number of carbonyl (C=O) groups excluding carboxylic acids is 1. The topological polar surface area (TPSA) is 52.3 Å². The Bertz CT molecular complexity index is 148. The quantitative estimate of drug-likeness (QED) is 0.582. The van der Waals surface area contributed by atoms with Crippen molar-refractivity contribution >= 4 is 5.91 Å². The second-order valence-corrected chi connectivity index (χ2v) is 3.66. The van der Waals surface area contributed by atoms with E-state index in [2.05, 4.69) is 13.8 Å². The minimum absolute atomic E-state index is 0.0618. The number of hydrogen-bond donors (Lipinski definition) is 1. The first kappa shape index (κ1) is 13.4. The average Bonchev–Trinajstić information content (AvgIpc) is 2.16. The highest BCUT2D eigenvalue weighted by atomic mass is 16.5. The summed E-state index contributed by atoms with van der Waals surface area (Å²) in [5, 5.41) is 0. The van der Waals surface area contributed by atoms with Crippen LogP contribution >= 0.6 is 0 Å². The summed E-state index contributed by atoms with van der Waals surface area (Å²) in [5.74, 6) is -0.378. The van der Waals surface area contributed by atoms with Crippen molar-refractivity contribution in [3.63, 3.8) is 0 Å². The molecule has 0 aromatic heterocycles. The molecular formula is C11H23NO2. The molecule has 0 bridgehead atoms. The number of nitrogens with two attached hydrogens (primary N) is 1. The molecule has 3 heteroatoms. The van der Waals surface area contributed by atoms with E-state index >= 15 is 0 Å². The van der Waals surface area contributed by atoms with E-state index in [1.54, 1.807) is 0 Å². The van der Waals surface area contributed by atoms with Crippen LogP contribution in [0.5, 0.6) is 0 Å². The molecule has 0 aliphatic heterocycles. The summed E-state index contributed by atoms with van der Waals surface area (Å²) in [6.45, 7) is 4.33. The molecule has 14 heavy (non-hydrogen) atoms. The highest BCUT2D eigenvalue weighted by Gasteiger charge is 2.07. The van der Waals surface area contributed by atoms with Crippen LogP contribution in [-0.2, 0) is 9.53 Å². The Morgan fingerprint density at radius 1 is 1.29 bits per heavy atom. The van der Waals surface area contributed by atoms with E-state index in [1.165, 1.54) is 25.7 Å². The molecule has 0 aliphatic carbocycles. The Hall–Kier alpha value is -0.570.